The Hall–Kier alpha value is -2.29. The maximum Gasteiger partial charge on any atom is 0.326 e. The van der Waals surface area contributed by atoms with Crippen LogP contribution >= 0.6 is 0 Å². The molecule has 0 spiro atoms. The summed E-state index contributed by atoms with van der Waals surface area (Å²) < 4.78 is 26.6. The van der Waals surface area contributed by atoms with Gasteiger partial charge in [-0.15, -0.1) is 0 Å². The first-order valence-corrected chi connectivity index (χ1v) is 10.1. The lowest BCUT2D eigenvalue weighted by atomic mass is 9.80. The van der Waals surface area contributed by atoms with Crippen molar-refractivity contribution >= 4 is 27.7 Å². The Bertz CT molecular complexity index is 824. The topological polar surface area (TPSA) is 116 Å². The molecule has 2 atom stereocenters. The van der Waals surface area contributed by atoms with E-state index in [2.05, 4.69) is 5.32 Å². The zero-order valence-electron chi connectivity index (χ0n) is 14.6. The van der Waals surface area contributed by atoms with Crippen LogP contribution in [0, 0.1) is 5.92 Å². The van der Waals surface area contributed by atoms with Gasteiger partial charge in [0.05, 0.1) is 5.69 Å². The minimum atomic E-state index is -3.95. The summed E-state index contributed by atoms with van der Waals surface area (Å²) in [5.74, 6) is -0.587. The second kappa shape index (κ2) is 7.14. The van der Waals surface area contributed by atoms with Crippen LogP contribution < -0.4 is 14.3 Å². The number of nitrogens with zero attached hydrogens (tertiary/aromatic N) is 1. The van der Waals surface area contributed by atoms with Crippen LogP contribution in [0.4, 0.5) is 5.69 Å². The van der Waals surface area contributed by atoms with Crippen LogP contribution in [0.1, 0.15) is 38.2 Å². The average molecular weight is 381 g/mol. The third-order valence-electron chi connectivity index (χ3n) is 4.92. The van der Waals surface area contributed by atoms with Gasteiger partial charge in [0.2, 0.25) is 5.91 Å². The quantitative estimate of drug-likeness (QED) is 0.714. The lowest BCUT2D eigenvalue weighted by Gasteiger charge is -2.32. The Morgan fingerprint density at radius 3 is 2.69 bits per heavy atom. The smallest absolute Gasteiger partial charge is 0.326 e. The third-order valence-corrected chi connectivity index (χ3v) is 6.32. The number of nitrogens with one attached hydrogen (secondary N) is 2. The number of hydrogen-bond donors (Lipinski definition) is 3. The molecule has 2 fully saturated rings. The normalized spacial score (nSPS) is 25.0. The second-order valence-electron chi connectivity index (χ2n) is 6.92. The Labute approximate surface area is 152 Å². The maximum absolute atomic E-state index is 11.9. The summed E-state index contributed by atoms with van der Waals surface area (Å²) in [5.41, 5.74) is 0.943. The summed E-state index contributed by atoms with van der Waals surface area (Å²) in [5, 5.41) is 13.3. The molecule has 0 aromatic heterocycles. The van der Waals surface area contributed by atoms with Gasteiger partial charge in [0, 0.05) is 13.0 Å². The predicted molar refractivity (Wildman–Crippen MR) is 95.8 cm³/mol. The van der Waals surface area contributed by atoms with Gasteiger partial charge in [0.1, 0.15) is 12.3 Å². The molecule has 8 nitrogen and oxygen atoms in total. The third kappa shape index (κ3) is 3.92. The molecule has 2 amide bonds. The van der Waals surface area contributed by atoms with Crippen molar-refractivity contribution in [1.82, 2.24) is 10.0 Å². The van der Waals surface area contributed by atoms with Crippen LogP contribution in [-0.2, 0) is 26.2 Å². The molecule has 1 aliphatic carbocycles. The standard InChI is InChI=1S/C17H23N3O5S/c1-11(21)18-14-5-3-2-4-13(14)8-12-6-7-15(16(22)9-12)20-10-17(23)19-26(20,24)25/h6-7,9,13-14,22H,2-5,8,10H2,1H3,(H,18,21)(H,19,23). The Morgan fingerprint density at radius 2 is 2.08 bits per heavy atom. The summed E-state index contributed by atoms with van der Waals surface area (Å²) in [6, 6.07) is 4.92. The molecule has 142 valence electrons. The van der Waals surface area contributed by atoms with Crippen LogP contribution in [0.25, 0.3) is 0 Å². The van der Waals surface area contributed by atoms with Crippen molar-refractivity contribution in [2.45, 2.75) is 45.1 Å². The van der Waals surface area contributed by atoms with Gasteiger partial charge < -0.3 is 10.4 Å². The fourth-order valence-electron chi connectivity index (χ4n) is 3.77. The van der Waals surface area contributed by atoms with E-state index in [-0.39, 0.29) is 35.8 Å². The van der Waals surface area contributed by atoms with E-state index in [4.69, 9.17) is 0 Å². The van der Waals surface area contributed by atoms with E-state index in [0.717, 1.165) is 35.6 Å². The van der Waals surface area contributed by atoms with Crippen LogP contribution in [0.5, 0.6) is 5.75 Å². The van der Waals surface area contributed by atoms with Crippen LogP contribution in [-0.4, -0.2) is 37.9 Å². The molecule has 3 rings (SSSR count). The van der Waals surface area contributed by atoms with Gasteiger partial charge in [0.25, 0.3) is 5.91 Å². The van der Waals surface area contributed by atoms with E-state index in [9.17, 15) is 23.1 Å². The Kier molecular flexibility index (Phi) is 5.08. The van der Waals surface area contributed by atoms with Gasteiger partial charge in [-0.05, 0) is 42.9 Å². The fourth-order valence-corrected chi connectivity index (χ4v) is 4.94. The first-order valence-electron chi connectivity index (χ1n) is 8.68. The minimum absolute atomic E-state index is 0.0449. The predicted octanol–water partition coefficient (Wildman–Crippen LogP) is 0.811. The molecular formula is C17H23N3O5S. The van der Waals surface area contributed by atoms with Gasteiger partial charge >= 0.3 is 10.2 Å². The summed E-state index contributed by atoms with van der Waals surface area (Å²) >= 11 is 0. The summed E-state index contributed by atoms with van der Waals surface area (Å²) in [6.07, 6.45) is 4.80. The van der Waals surface area contributed by atoms with Crippen LogP contribution in [0.3, 0.4) is 0 Å². The number of aromatic hydroxyl groups is 1. The first-order chi connectivity index (χ1) is 12.3. The van der Waals surface area contributed by atoms with Gasteiger partial charge in [0.15, 0.2) is 0 Å². The largest absolute Gasteiger partial charge is 0.506 e. The van der Waals surface area contributed by atoms with Crippen molar-refractivity contribution in [3.8, 4) is 5.75 Å². The number of rotatable bonds is 4. The number of carbonyl (C=O) groups excluding carboxylic acids is 2. The van der Waals surface area contributed by atoms with E-state index in [1.807, 2.05) is 4.72 Å². The number of benzene rings is 1. The number of phenols is 1. The highest BCUT2D eigenvalue weighted by Gasteiger charge is 2.35. The molecule has 1 saturated heterocycles. The van der Waals surface area contributed by atoms with Crippen molar-refractivity contribution < 1.29 is 23.1 Å². The van der Waals surface area contributed by atoms with Crippen molar-refractivity contribution in [3.05, 3.63) is 23.8 Å². The van der Waals surface area contributed by atoms with Gasteiger partial charge in [-0.3, -0.25) is 9.59 Å². The lowest BCUT2D eigenvalue weighted by Crippen LogP contribution is -2.41. The van der Waals surface area contributed by atoms with Gasteiger partial charge in [-0.1, -0.05) is 18.9 Å². The average Bonchev–Trinajstić information content (AvgIpc) is 2.81. The Morgan fingerprint density at radius 1 is 1.35 bits per heavy atom. The van der Waals surface area contributed by atoms with Crippen LogP contribution in [0.15, 0.2) is 18.2 Å². The second-order valence-corrected chi connectivity index (χ2v) is 8.51. The van der Waals surface area contributed by atoms with E-state index in [1.165, 1.54) is 19.1 Å². The molecule has 26 heavy (non-hydrogen) atoms. The molecule has 0 radical (unpaired) electrons. The van der Waals surface area contributed by atoms with Crippen molar-refractivity contribution in [2.75, 3.05) is 10.8 Å². The minimum Gasteiger partial charge on any atom is -0.506 e. The number of phenolic OH excluding ortho intramolecular Hbond substituents is 1. The molecule has 2 aliphatic rings. The van der Waals surface area contributed by atoms with Crippen LogP contribution in [0.2, 0.25) is 0 Å². The highest BCUT2D eigenvalue weighted by Crippen LogP contribution is 2.34. The highest BCUT2D eigenvalue weighted by molar-refractivity contribution is 7.92. The van der Waals surface area contributed by atoms with Crippen molar-refractivity contribution in [3.63, 3.8) is 0 Å². The zero-order valence-corrected chi connectivity index (χ0v) is 15.4. The SMILES string of the molecule is CC(=O)NC1CCCCC1Cc1ccc(N2CC(=O)NS2(=O)=O)c(O)c1. The molecule has 9 heteroatoms. The number of hydrogen-bond acceptors (Lipinski definition) is 5. The maximum atomic E-state index is 11.9. The number of amides is 2. The van der Waals surface area contributed by atoms with E-state index < -0.39 is 16.1 Å². The van der Waals surface area contributed by atoms with E-state index in [1.54, 1.807) is 6.07 Å². The molecule has 0 bridgehead atoms. The zero-order chi connectivity index (χ0) is 18.9. The molecule has 1 aromatic carbocycles. The molecule has 1 aliphatic heterocycles. The Balaban J connectivity index is 1.77. The van der Waals surface area contributed by atoms with Gasteiger partial charge in [-0.25, -0.2) is 9.03 Å². The summed E-state index contributed by atoms with van der Waals surface area (Å²) in [6.45, 7) is 1.17. The molecule has 1 heterocycles. The summed E-state index contributed by atoms with van der Waals surface area (Å²) in [7, 11) is -3.95. The van der Waals surface area contributed by atoms with Gasteiger partial charge in [-0.2, -0.15) is 8.42 Å². The molecule has 1 saturated carbocycles. The molecule has 2 unspecified atom stereocenters. The highest BCUT2D eigenvalue weighted by atomic mass is 32.2. The monoisotopic (exact) mass is 381 g/mol. The molecule has 1 aromatic rings. The molecular weight excluding hydrogens is 358 g/mol. The fraction of sp³-hybridized carbons (Fsp3) is 0.529. The first kappa shape index (κ1) is 18.5. The summed E-state index contributed by atoms with van der Waals surface area (Å²) in [4.78, 5) is 22.8. The lowest BCUT2D eigenvalue weighted by molar-refractivity contribution is -0.120. The molecule has 3 N–H and O–H groups in total. The van der Waals surface area contributed by atoms with E-state index >= 15 is 0 Å². The number of carbonyl (C=O) groups is 2. The number of anilines is 1. The van der Waals surface area contributed by atoms with E-state index in [0.29, 0.717) is 6.42 Å². The van der Waals surface area contributed by atoms with Crippen molar-refractivity contribution in [1.29, 1.82) is 0 Å². The van der Waals surface area contributed by atoms with Crippen molar-refractivity contribution in [2.24, 2.45) is 5.92 Å².